The number of hydrogen-bond acceptors (Lipinski definition) is 2. The molecule has 4 nitrogen and oxygen atoms in total. The molecule has 2 aromatic heterocycles. The topological polar surface area (TPSA) is 35.6 Å². The van der Waals surface area contributed by atoms with Crippen LogP contribution in [-0.4, -0.2) is 19.6 Å². The number of benzene rings is 5. The summed E-state index contributed by atoms with van der Waals surface area (Å²) in [6, 6.07) is 44.8. The van der Waals surface area contributed by atoms with Gasteiger partial charge in [0.2, 0.25) is 0 Å². The van der Waals surface area contributed by atoms with Gasteiger partial charge in [-0.15, -0.1) is 0 Å². The summed E-state index contributed by atoms with van der Waals surface area (Å²) in [5.41, 5.74) is 17.8. The van der Waals surface area contributed by atoms with Gasteiger partial charge in [0.05, 0.1) is 35.2 Å². The van der Waals surface area contributed by atoms with E-state index in [0.29, 0.717) is 0 Å². The van der Waals surface area contributed by atoms with Gasteiger partial charge in [-0.25, -0.2) is 9.36 Å². The van der Waals surface area contributed by atoms with E-state index in [4.69, 9.17) is 10.2 Å². The molecule has 2 aliphatic rings. The fraction of sp³-hybridized carbons (Fsp3) is 0.308. The minimum absolute atomic E-state index is 0.0781. The summed E-state index contributed by atoms with van der Waals surface area (Å²) in [4.78, 5) is 0. The van der Waals surface area contributed by atoms with Crippen molar-refractivity contribution in [1.82, 2.24) is 19.6 Å². The Kier molecular flexibility index (Phi) is 8.43. The van der Waals surface area contributed by atoms with E-state index in [2.05, 4.69) is 198 Å². The molecule has 4 heteroatoms. The molecule has 0 radical (unpaired) electrons. The maximum Gasteiger partial charge on any atom is 0.0687 e. The molecule has 282 valence electrons. The first kappa shape index (κ1) is 36.2. The van der Waals surface area contributed by atoms with Crippen LogP contribution in [0.25, 0.3) is 33.6 Å². The summed E-state index contributed by atoms with van der Waals surface area (Å²) in [6.07, 6.45) is 8.16. The Hall–Kier alpha value is -5.48. The molecule has 0 atom stereocenters. The van der Waals surface area contributed by atoms with Crippen LogP contribution in [0.1, 0.15) is 100 Å². The molecule has 4 heterocycles. The molecule has 0 unspecified atom stereocenters. The highest BCUT2D eigenvalue weighted by Crippen LogP contribution is 2.54. The summed E-state index contributed by atoms with van der Waals surface area (Å²) in [7, 11) is 0. The van der Waals surface area contributed by atoms with E-state index >= 15 is 0 Å². The fourth-order valence-corrected chi connectivity index (χ4v) is 9.55. The summed E-state index contributed by atoms with van der Waals surface area (Å²) < 4.78 is 4.41. The Morgan fingerprint density at radius 3 is 1.16 bits per heavy atom. The molecule has 0 N–H and O–H groups in total. The van der Waals surface area contributed by atoms with E-state index in [-0.39, 0.29) is 21.7 Å². The first-order valence-electron chi connectivity index (χ1n) is 20.4. The molecule has 9 rings (SSSR count). The molecule has 0 aliphatic carbocycles. The van der Waals surface area contributed by atoms with E-state index < -0.39 is 0 Å². The molecule has 0 saturated carbocycles. The predicted octanol–water partition coefficient (Wildman–Crippen LogP) is 12.1. The molecular formula is C52H54N4. The lowest BCUT2D eigenvalue weighted by Gasteiger charge is -2.47. The SMILES string of the molecule is CC1(C)c2cc(CCc3cccc(CCc4ccc5c(c4)C(C)(C)C(C)(C)c4c(-c6ccccc6)cnn4-5)c3)ccc2-n2ncc(-c3ccccc3)c2C1(C)C. The van der Waals surface area contributed by atoms with Crippen LogP contribution in [0.4, 0.5) is 0 Å². The lowest BCUT2D eigenvalue weighted by atomic mass is 9.59. The molecule has 0 spiro atoms. The second-order valence-corrected chi connectivity index (χ2v) is 18.4. The van der Waals surface area contributed by atoms with Crippen molar-refractivity contribution < 1.29 is 0 Å². The molecule has 0 saturated heterocycles. The lowest BCUT2D eigenvalue weighted by molar-refractivity contribution is 0.276. The van der Waals surface area contributed by atoms with E-state index in [1.54, 1.807) is 0 Å². The molecule has 2 aliphatic heterocycles. The zero-order chi connectivity index (χ0) is 39.0. The highest BCUT2D eigenvalue weighted by atomic mass is 15.3. The van der Waals surface area contributed by atoms with Crippen molar-refractivity contribution in [1.29, 1.82) is 0 Å². The third kappa shape index (κ3) is 5.55. The summed E-state index contributed by atoms with van der Waals surface area (Å²) >= 11 is 0. The van der Waals surface area contributed by atoms with Gasteiger partial charge in [0.15, 0.2) is 0 Å². The molecule has 0 bridgehead atoms. The van der Waals surface area contributed by atoms with Crippen LogP contribution in [0.5, 0.6) is 0 Å². The predicted molar refractivity (Wildman–Crippen MR) is 231 cm³/mol. The number of nitrogens with zero attached hydrogens (tertiary/aromatic N) is 4. The summed E-state index contributed by atoms with van der Waals surface area (Å²) in [6.45, 7) is 19.2. The number of aromatic nitrogens is 4. The van der Waals surface area contributed by atoms with E-state index in [1.165, 1.54) is 78.4 Å². The fourth-order valence-electron chi connectivity index (χ4n) is 9.55. The Balaban J connectivity index is 0.925. The Morgan fingerprint density at radius 2 is 0.768 bits per heavy atom. The first-order valence-corrected chi connectivity index (χ1v) is 20.4. The zero-order valence-electron chi connectivity index (χ0n) is 34.3. The van der Waals surface area contributed by atoms with Crippen LogP contribution in [0.3, 0.4) is 0 Å². The van der Waals surface area contributed by atoms with Gasteiger partial charge in [0.1, 0.15) is 0 Å². The van der Waals surface area contributed by atoms with Crippen molar-refractivity contribution in [3.8, 4) is 33.6 Å². The lowest BCUT2D eigenvalue weighted by Crippen LogP contribution is -2.46. The van der Waals surface area contributed by atoms with E-state index in [1.807, 2.05) is 0 Å². The molecule has 5 aromatic carbocycles. The molecule has 0 fully saturated rings. The first-order chi connectivity index (χ1) is 26.8. The summed E-state index contributed by atoms with van der Waals surface area (Å²) in [5, 5.41) is 9.95. The van der Waals surface area contributed by atoms with Gasteiger partial charge in [-0.1, -0.05) is 165 Å². The van der Waals surface area contributed by atoms with Crippen LogP contribution >= 0.6 is 0 Å². The van der Waals surface area contributed by atoms with Gasteiger partial charge in [-0.2, -0.15) is 10.2 Å². The molecular weight excluding hydrogens is 681 g/mol. The smallest absolute Gasteiger partial charge is 0.0687 e. The highest BCUT2D eigenvalue weighted by Gasteiger charge is 2.49. The van der Waals surface area contributed by atoms with Crippen LogP contribution < -0.4 is 0 Å². The zero-order valence-corrected chi connectivity index (χ0v) is 34.3. The minimum atomic E-state index is -0.118. The van der Waals surface area contributed by atoms with Gasteiger partial charge in [-0.05, 0) is 82.3 Å². The maximum atomic E-state index is 4.98. The monoisotopic (exact) mass is 734 g/mol. The average Bonchev–Trinajstić information content (AvgIpc) is 3.86. The number of hydrogen-bond donors (Lipinski definition) is 0. The van der Waals surface area contributed by atoms with Crippen LogP contribution in [-0.2, 0) is 47.3 Å². The third-order valence-electron chi connectivity index (χ3n) is 14.3. The quantitative estimate of drug-likeness (QED) is 0.156. The Labute approximate surface area is 333 Å². The van der Waals surface area contributed by atoms with Gasteiger partial charge < -0.3 is 0 Å². The highest BCUT2D eigenvalue weighted by molar-refractivity contribution is 5.72. The minimum Gasteiger partial charge on any atom is -0.236 e. The van der Waals surface area contributed by atoms with E-state index in [0.717, 1.165) is 25.7 Å². The van der Waals surface area contributed by atoms with Gasteiger partial charge in [-0.3, -0.25) is 0 Å². The molecule has 7 aromatic rings. The normalized spacial score (nSPS) is 16.7. The van der Waals surface area contributed by atoms with Crippen LogP contribution in [0.15, 0.2) is 134 Å². The second-order valence-electron chi connectivity index (χ2n) is 18.4. The number of fused-ring (bicyclic) bond motifs is 6. The van der Waals surface area contributed by atoms with Crippen LogP contribution in [0.2, 0.25) is 0 Å². The second kappa shape index (κ2) is 13.0. The largest absolute Gasteiger partial charge is 0.236 e. The van der Waals surface area contributed by atoms with Crippen molar-refractivity contribution in [2.45, 2.75) is 103 Å². The standard InChI is InChI=1S/C52H54N4/c1-49(2)43-31-37(26-28-45(43)55-47(51(49,5)6)41(33-53-55)39-18-11-9-12-19-39)24-22-35-16-15-17-36(30-35)23-25-38-27-29-46-44(32-38)50(3,4)52(7,8)48-42(34-54-56(46)48)40-20-13-10-14-21-40/h9-21,26-34H,22-25H2,1-8H3. The van der Waals surface area contributed by atoms with Crippen molar-refractivity contribution in [2.75, 3.05) is 0 Å². The Bertz CT molecular complexity index is 2400. The van der Waals surface area contributed by atoms with Crippen molar-refractivity contribution in [2.24, 2.45) is 0 Å². The van der Waals surface area contributed by atoms with E-state index in [9.17, 15) is 0 Å². The summed E-state index contributed by atoms with van der Waals surface area (Å²) in [5.74, 6) is 0. The van der Waals surface area contributed by atoms with Crippen molar-refractivity contribution in [3.05, 3.63) is 178 Å². The number of aryl methyl sites for hydroxylation is 4. The van der Waals surface area contributed by atoms with Gasteiger partial charge >= 0.3 is 0 Å². The van der Waals surface area contributed by atoms with Gasteiger partial charge in [0.25, 0.3) is 0 Å². The van der Waals surface area contributed by atoms with Gasteiger partial charge in [0, 0.05) is 32.8 Å². The maximum absolute atomic E-state index is 4.98. The number of rotatable bonds is 8. The Morgan fingerprint density at radius 1 is 0.393 bits per heavy atom. The molecule has 56 heavy (non-hydrogen) atoms. The van der Waals surface area contributed by atoms with Crippen molar-refractivity contribution in [3.63, 3.8) is 0 Å². The van der Waals surface area contributed by atoms with Crippen molar-refractivity contribution >= 4 is 0 Å². The third-order valence-corrected chi connectivity index (χ3v) is 14.3. The average molecular weight is 735 g/mol. The van der Waals surface area contributed by atoms with Crippen LogP contribution in [0, 0.1) is 0 Å². The molecule has 0 amide bonds.